The van der Waals surface area contributed by atoms with Crippen molar-refractivity contribution in [2.75, 3.05) is 18.0 Å². The average Bonchev–Trinajstić information content (AvgIpc) is 3.23. The van der Waals surface area contributed by atoms with Gasteiger partial charge < -0.3 is 10.2 Å². The first-order chi connectivity index (χ1) is 9.62. The Hall–Kier alpha value is -2.02. The highest BCUT2D eigenvalue weighted by Gasteiger charge is 2.43. The Morgan fingerprint density at radius 2 is 2.25 bits per heavy atom. The van der Waals surface area contributed by atoms with E-state index >= 15 is 0 Å². The quantitative estimate of drug-likeness (QED) is 0.907. The number of hydrogen-bond acceptors (Lipinski definition) is 3. The number of anilines is 1. The maximum atomic E-state index is 12.2. The fourth-order valence-electron chi connectivity index (χ4n) is 2.96. The summed E-state index contributed by atoms with van der Waals surface area (Å²) in [7, 11) is 0. The minimum atomic E-state index is -0.698. The van der Waals surface area contributed by atoms with Gasteiger partial charge in [0, 0.05) is 12.2 Å². The number of carbonyl (C=O) groups is 1. The van der Waals surface area contributed by atoms with Crippen LogP contribution in [0.4, 0.5) is 5.69 Å². The molecular formula is C16H19N3O. The van der Waals surface area contributed by atoms with Crippen molar-refractivity contribution in [3.63, 3.8) is 0 Å². The summed E-state index contributed by atoms with van der Waals surface area (Å²) in [4.78, 5) is 14.3. The fourth-order valence-corrected chi connectivity index (χ4v) is 2.96. The zero-order valence-corrected chi connectivity index (χ0v) is 11.7. The zero-order valence-electron chi connectivity index (χ0n) is 11.7. The lowest BCUT2D eigenvalue weighted by Gasteiger charge is -2.25. The molecule has 104 valence electrons. The summed E-state index contributed by atoms with van der Waals surface area (Å²) in [5.41, 5.74) is 1.74. The summed E-state index contributed by atoms with van der Waals surface area (Å²) in [5, 5.41) is 12.2. The third kappa shape index (κ3) is 2.36. The van der Waals surface area contributed by atoms with Gasteiger partial charge in [0.1, 0.15) is 5.54 Å². The highest BCUT2D eigenvalue weighted by Crippen LogP contribution is 2.39. The molecule has 0 spiro atoms. The van der Waals surface area contributed by atoms with Crippen molar-refractivity contribution < 1.29 is 4.79 Å². The molecule has 4 nitrogen and oxygen atoms in total. The number of nitrogens with zero attached hydrogens (tertiary/aromatic N) is 2. The van der Waals surface area contributed by atoms with Gasteiger partial charge in [0.15, 0.2) is 0 Å². The molecular weight excluding hydrogens is 250 g/mol. The van der Waals surface area contributed by atoms with Crippen molar-refractivity contribution >= 4 is 11.6 Å². The number of benzene rings is 1. The first-order valence-electron chi connectivity index (χ1n) is 7.17. The Kier molecular flexibility index (Phi) is 3.13. The molecule has 20 heavy (non-hydrogen) atoms. The lowest BCUT2D eigenvalue weighted by atomic mass is 9.98. The Morgan fingerprint density at radius 3 is 2.95 bits per heavy atom. The topological polar surface area (TPSA) is 56.1 Å². The van der Waals surface area contributed by atoms with Crippen LogP contribution in [-0.2, 0) is 11.2 Å². The number of amides is 1. The van der Waals surface area contributed by atoms with Crippen LogP contribution in [0.3, 0.4) is 0 Å². The second-order valence-corrected chi connectivity index (χ2v) is 5.94. The number of carbonyl (C=O) groups excluding carboxylic acids is 1. The molecule has 1 saturated carbocycles. The van der Waals surface area contributed by atoms with Gasteiger partial charge in [0.2, 0.25) is 5.91 Å². The van der Waals surface area contributed by atoms with Crippen molar-refractivity contribution in [2.24, 2.45) is 5.92 Å². The van der Waals surface area contributed by atoms with Gasteiger partial charge in [-0.25, -0.2) is 0 Å². The van der Waals surface area contributed by atoms with Crippen molar-refractivity contribution in [1.29, 1.82) is 5.26 Å². The Balaban J connectivity index is 1.64. The van der Waals surface area contributed by atoms with Gasteiger partial charge >= 0.3 is 0 Å². The summed E-state index contributed by atoms with van der Waals surface area (Å²) >= 11 is 0. The van der Waals surface area contributed by atoms with E-state index in [9.17, 15) is 10.1 Å². The normalized spacial score (nSPS) is 19.9. The smallest absolute Gasteiger partial charge is 0.240 e. The van der Waals surface area contributed by atoms with Crippen molar-refractivity contribution in [1.82, 2.24) is 5.32 Å². The summed E-state index contributed by atoms with van der Waals surface area (Å²) in [6.07, 6.45) is 3.06. The molecule has 1 aromatic carbocycles. The molecule has 1 fully saturated rings. The molecule has 1 aliphatic heterocycles. The highest BCUT2D eigenvalue weighted by molar-refractivity contribution is 5.83. The van der Waals surface area contributed by atoms with E-state index in [4.69, 9.17) is 0 Å². The van der Waals surface area contributed by atoms with E-state index in [1.54, 1.807) is 0 Å². The van der Waals surface area contributed by atoms with Gasteiger partial charge in [-0.15, -0.1) is 0 Å². The van der Waals surface area contributed by atoms with E-state index in [0.29, 0.717) is 12.5 Å². The molecule has 1 aliphatic carbocycles. The van der Waals surface area contributed by atoms with Crippen LogP contribution in [0.1, 0.15) is 25.3 Å². The SMILES string of the molecule is CC(C#N)(NC(=O)CN1CCc2ccccc21)C1CC1. The lowest BCUT2D eigenvalue weighted by molar-refractivity contribution is -0.121. The van der Waals surface area contributed by atoms with Gasteiger partial charge in [-0.3, -0.25) is 4.79 Å². The molecule has 1 heterocycles. The van der Waals surface area contributed by atoms with Crippen molar-refractivity contribution in [3.05, 3.63) is 29.8 Å². The fraction of sp³-hybridized carbons (Fsp3) is 0.500. The second kappa shape index (κ2) is 4.82. The number of nitrogens with one attached hydrogen (secondary N) is 1. The van der Waals surface area contributed by atoms with Crippen LogP contribution in [0.5, 0.6) is 0 Å². The van der Waals surface area contributed by atoms with E-state index < -0.39 is 5.54 Å². The molecule has 1 atom stereocenters. The third-order valence-corrected chi connectivity index (χ3v) is 4.34. The molecule has 0 radical (unpaired) electrons. The minimum Gasteiger partial charge on any atom is -0.362 e. The van der Waals surface area contributed by atoms with E-state index in [-0.39, 0.29) is 5.91 Å². The maximum Gasteiger partial charge on any atom is 0.240 e. The second-order valence-electron chi connectivity index (χ2n) is 5.94. The maximum absolute atomic E-state index is 12.2. The summed E-state index contributed by atoms with van der Waals surface area (Å²) in [6, 6.07) is 10.5. The number of hydrogen-bond donors (Lipinski definition) is 1. The predicted molar refractivity (Wildman–Crippen MR) is 77.2 cm³/mol. The van der Waals surface area contributed by atoms with Crippen LogP contribution in [-0.4, -0.2) is 24.5 Å². The van der Waals surface area contributed by atoms with Gasteiger partial charge in [0.05, 0.1) is 12.6 Å². The van der Waals surface area contributed by atoms with Gasteiger partial charge in [-0.05, 0) is 43.7 Å². The number of rotatable bonds is 4. The Labute approximate surface area is 119 Å². The van der Waals surface area contributed by atoms with Gasteiger partial charge in [-0.2, -0.15) is 5.26 Å². The van der Waals surface area contributed by atoms with E-state index in [0.717, 1.165) is 31.5 Å². The molecule has 1 amide bonds. The third-order valence-electron chi connectivity index (χ3n) is 4.34. The van der Waals surface area contributed by atoms with Crippen LogP contribution in [0, 0.1) is 17.2 Å². The summed E-state index contributed by atoms with van der Waals surface area (Å²) in [5.74, 6) is 0.264. The van der Waals surface area contributed by atoms with Crippen LogP contribution >= 0.6 is 0 Å². The van der Waals surface area contributed by atoms with Crippen molar-refractivity contribution in [3.8, 4) is 6.07 Å². The largest absolute Gasteiger partial charge is 0.362 e. The molecule has 2 aliphatic rings. The first kappa shape index (κ1) is 13.0. The average molecular weight is 269 g/mol. The van der Waals surface area contributed by atoms with E-state index in [1.165, 1.54) is 5.56 Å². The molecule has 0 saturated heterocycles. The molecule has 0 bridgehead atoms. The van der Waals surface area contributed by atoms with Crippen LogP contribution in [0.15, 0.2) is 24.3 Å². The van der Waals surface area contributed by atoms with E-state index in [1.807, 2.05) is 19.1 Å². The van der Waals surface area contributed by atoms with Crippen LogP contribution in [0.2, 0.25) is 0 Å². The highest BCUT2D eigenvalue weighted by atomic mass is 16.2. The number of para-hydroxylation sites is 1. The number of fused-ring (bicyclic) bond motifs is 1. The number of nitriles is 1. The zero-order chi connectivity index (χ0) is 14.2. The molecule has 3 rings (SSSR count). The molecule has 1 aromatic rings. The molecule has 4 heteroatoms. The Bertz CT molecular complexity index is 573. The predicted octanol–water partition coefficient (Wildman–Crippen LogP) is 1.86. The molecule has 1 N–H and O–H groups in total. The Morgan fingerprint density at radius 1 is 1.50 bits per heavy atom. The van der Waals surface area contributed by atoms with Crippen LogP contribution < -0.4 is 10.2 Å². The summed E-state index contributed by atoms with van der Waals surface area (Å²) < 4.78 is 0. The van der Waals surface area contributed by atoms with Gasteiger partial charge in [0.25, 0.3) is 0 Å². The lowest BCUT2D eigenvalue weighted by Crippen LogP contribution is -2.50. The molecule has 1 unspecified atom stereocenters. The summed E-state index contributed by atoms with van der Waals surface area (Å²) in [6.45, 7) is 3.04. The standard InChI is InChI=1S/C16H19N3O/c1-16(11-17,13-6-7-13)18-15(20)10-19-9-8-12-4-2-3-5-14(12)19/h2-5,13H,6-10H2,1H3,(H,18,20). The van der Waals surface area contributed by atoms with Crippen LogP contribution in [0.25, 0.3) is 0 Å². The monoisotopic (exact) mass is 269 g/mol. The first-order valence-corrected chi connectivity index (χ1v) is 7.17. The molecule has 0 aromatic heterocycles. The van der Waals surface area contributed by atoms with E-state index in [2.05, 4.69) is 28.4 Å². The minimum absolute atomic E-state index is 0.0577. The van der Waals surface area contributed by atoms with Crippen molar-refractivity contribution in [2.45, 2.75) is 31.7 Å². The van der Waals surface area contributed by atoms with Gasteiger partial charge in [-0.1, -0.05) is 18.2 Å².